The Morgan fingerprint density at radius 2 is 2.20 bits per heavy atom. The van der Waals surface area contributed by atoms with Gasteiger partial charge in [0.25, 0.3) is 0 Å². The van der Waals surface area contributed by atoms with Crippen molar-refractivity contribution in [3.05, 3.63) is 18.0 Å². The van der Waals surface area contributed by atoms with Gasteiger partial charge in [-0.1, -0.05) is 6.92 Å². The molecule has 0 spiro atoms. The summed E-state index contributed by atoms with van der Waals surface area (Å²) in [6, 6.07) is 2.31. The van der Waals surface area contributed by atoms with Gasteiger partial charge in [-0.15, -0.1) is 0 Å². The molecule has 114 valence electrons. The molecule has 1 aliphatic carbocycles. The summed E-state index contributed by atoms with van der Waals surface area (Å²) >= 11 is 0. The lowest BCUT2D eigenvalue weighted by atomic mass is 10.4. The van der Waals surface area contributed by atoms with Gasteiger partial charge in [0.05, 0.1) is 4.90 Å². The predicted octanol–water partition coefficient (Wildman–Crippen LogP) is 0.497. The molecule has 7 heteroatoms. The molecule has 1 fully saturated rings. The van der Waals surface area contributed by atoms with Crippen LogP contribution in [0.2, 0.25) is 0 Å². The van der Waals surface area contributed by atoms with Gasteiger partial charge in [0.1, 0.15) is 0 Å². The monoisotopic (exact) mass is 300 g/mol. The largest absolute Gasteiger partial charge is 0.363 e. The van der Waals surface area contributed by atoms with Gasteiger partial charge in [0.2, 0.25) is 10.0 Å². The maximum Gasteiger partial charge on any atom is 0.242 e. The molecular weight excluding hydrogens is 276 g/mol. The molecule has 1 aromatic rings. The molecule has 0 radical (unpaired) electrons. The fraction of sp³-hybridized carbons (Fsp3) is 0.692. The first-order chi connectivity index (χ1) is 9.51. The summed E-state index contributed by atoms with van der Waals surface area (Å²) < 4.78 is 26.8. The number of hydrogen-bond donors (Lipinski definition) is 3. The minimum absolute atomic E-state index is 0.309. The van der Waals surface area contributed by atoms with Crippen molar-refractivity contribution in [3.63, 3.8) is 0 Å². The van der Waals surface area contributed by atoms with E-state index in [0.717, 1.165) is 12.2 Å². The maximum atomic E-state index is 12.1. The molecule has 0 aromatic carbocycles. The van der Waals surface area contributed by atoms with E-state index < -0.39 is 10.0 Å². The molecule has 2 rings (SSSR count). The number of H-pyrrole nitrogens is 1. The summed E-state index contributed by atoms with van der Waals surface area (Å²) in [6.45, 7) is 4.77. The van der Waals surface area contributed by atoms with Crippen molar-refractivity contribution >= 4 is 10.0 Å². The third-order valence-corrected chi connectivity index (χ3v) is 4.95. The number of nitrogens with zero attached hydrogens (tertiary/aromatic N) is 1. The summed E-state index contributed by atoms with van der Waals surface area (Å²) in [4.78, 5) is 5.38. The normalized spacial score (nSPS) is 15.9. The molecule has 20 heavy (non-hydrogen) atoms. The molecule has 1 aliphatic rings. The average Bonchev–Trinajstić information content (AvgIpc) is 3.12. The van der Waals surface area contributed by atoms with E-state index in [1.54, 1.807) is 12.3 Å². The summed E-state index contributed by atoms with van der Waals surface area (Å²) in [5, 5.41) is 3.35. The third kappa shape index (κ3) is 4.59. The van der Waals surface area contributed by atoms with Gasteiger partial charge < -0.3 is 15.2 Å². The van der Waals surface area contributed by atoms with E-state index in [4.69, 9.17) is 0 Å². The van der Waals surface area contributed by atoms with Crippen LogP contribution in [0.25, 0.3) is 0 Å². The molecule has 3 N–H and O–H groups in total. The average molecular weight is 300 g/mol. The zero-order chi connectivity index (χ0) is 14.6. The Morgan fingerprint density at radius 1 is 1.45 bits per heavy atom. The first kappa shape index (κ1) is 15.5. The zero-order valence-corrected chi connectivity index (χ0v) is 13.0. The van der Waals surface area contributed by atoms with Crippen LogP contribution < -0.4 is 10.0 Å². The Balaban J connectivity index is 1.84. The Bertz CT molecular complexity index is 522. The molecular formula is C13H24N4O2S. The fourth-order valence-corrected chi connectivity index (χ4v) is 2.87. The van der Waals surface area contributed by atoms with Crippen molar-refractivity contribution in [1.82, 2.24) is 19.9 Å². The second kappa shape index (κ2) is 6.71. The van der Waals surface area contributed by atoms with E-state index >= 15 is 0 Å². The van der Waals surface area contributed by atoms with Crippen LogP contribution in [0.5, 0.6) is 0 Å². The Kier molecular flexibility index (Phi) is 5.20. The lowest BCUT2D eigenvalue weighted by molar-refractivity contribution is 0.358. The van der Waals surface area contributed by atoms with E-state index in [1.165, 1.54) is 12.8 Å². The Hall–Kier alpha value is -0.890. The van der Waals surface area contributed by atoms with Gasteiger partial charge in [-0.2, -0.15) is 0 Å². The van der Waals surface area contributed by atoms with Crippen molar-refractivity contribution in [1.29, 1.82) is 0 Å². The van der Waals surface area contributed by atoms with Gasteiger partial charge in [-0.05, 0) is 32.5 Å². The van der Waals surface area contributed by atoms with Crippen LogP contribution in [-0.4, -0.2) is 51.0 Å². The minimum atomic E-state index is -3.40. The molecule has 0 saturated heterocycles. The van der Waals surface area contributed by atoms with Crippen molar-refractivity contribution in [3.8, 4) is 0 Å². The Labute approximate surface area is 121 Å². The van der Waals surface area contributed by atoms with Crippen molar-refractivity contribution in [2.75, 3.05) is 26.7 Å². The van der Waals surface area contributed by atoms with E-state index in [2.05, 4.69) is 19.9 Å². The SMILES string of the molecule is CCN(C)CCNS(=O)(=O)c1c[nH]c(CNC2CC2)c1. The molecule has 1 saturated carbocycles. The van der Waals surface area contributed by atoms with Crippen molar-refractivity contribution in [2.45, 2.75) is 37.2 Å². The van der Waals surface area contributed by atoms with Gasteiger partial charge in [-0.25, -0.2) is 13.1 Å². The number of aromatic nitrogens is 1. The topological polar surface area (TPSA) is 77.2 Å². The first-order valence-corrected chi connectivity index (χ1v) is 8.58. The fourth-order valence-electron chi connectivity index (χ4n) is 1.83. The zero-order valence-electron chi connectivity index (χ0n) is 12.1. The van der Waals surface area contributed by atoms with E-state index in [1.807, 2.05) is 14.0 Å². The van der Waals surface area contributed by atoms with Crippen LogP contribution in [0.15, 0.2) is 17.2 Å². The van der Waals surface area contributed by atoms with Crippen LogP contribution in [0.4, 0.5) is 0 Å². The molecule has 6 nitrogen and oxygen atoms in total. The number of hydrogen-bond acceptors (Lipinski definition) is 4. The van der Waals surface area contributed by atoms with Crippen LogP contribution in [0, 0.1) is 0 Å². The lowest BCUT2D eigenvalue weighted by Crippen LogP contribution is -2.32. The summed E-state index contributed by atoms with van der Waals surface area (Å²) in [5.41, 5.74) is 0.906. The number of sulfonamides is 1. The van der Waals surface area contributed by atoms with E-state index in [-0.39, 0.29) is 0 Å². The number of likely N-dealkylation sites (N-methyl/N-ethyl adjacent to an activating group) is 1. The predicted molar refractivity (Wildman–Crippen MR) is 79.0 cm³/mol. The van der Waals surface area contributed by atoms with Gasteiger partial charge in [-0.3, -0.25) is 0 Å². The second-order valence-corrected chi connectivity index (χ2v) is 7.08. The van der Waals surface area contributed by atoms with Gasteiger partial charge in [0.15, 0.2) is 0 Å². The highest BCUT2D eigenvalue weighted by Gasteiger charge is 2.21. The third-order valence-electron chi connectivity index (χ3n) is 3.51. The van der Waals surface area contributed by atoms with Gasteiger partial charge >= 0.3 is 0 Å². The molecule has 0 unspecified atom stereocenters. The minimum Gasteiger partial charge on any atom is -0.363 e. The molecule has 1 aromatic heterocycles. The molecule has 0 aliphatic heterocycles. The smallest absolute Gasteiger partial charge is 0.242 e. The Morgan fingerprint density at radius 3 is 2.85 bits per heavy atom. The highest BCUT2D eigenvalue weighted by Crippen LogP contribution is 2.19. The van der Waals surface area contributed by atoms with E-state index in [0.29, 0.717) is 30.6 Å². The quantitative estimate of drug-likeness (QED) is 0.620. The molecule has 1 heterocycles. The molecule has 0 amide bonds. The van der Waals surface area contributed by atoms with Crippen LogP contribution in [-0.2, 0) is 16.6 Å². The first-order valence-electron chi connectivity index (χ1n) is 7.10. The van der Waals surface area contributed by atoms with Crippen LogP contribution >= 0.6 is 0 Å². The molecule has 0 atom stereocenters. The number of rotatable bonds is 9. The number of nitrogens with one attached hydrogen (secondary N) is 3. The molecule has 0 bridgehead atoms. The summed E-state index contributed by atoms with van der Waals surface area (Å²) in [6.07, 6.45) is 3.99. The summed E-state index contributed by atoms with van der Waals surface area (Å²) in [5.74, 6) is 0. The highest BCUT2D eigenvalue weighted by atomic mass is 32.2. The lowest BCUT2D eigenvalue weighted by Gasteiger charge is -2.13. The van der Waals surface area contributed by atoms with Crippen LogP contribution in [0.3, 0.4) is 0 Å². The highest BCUT2D eigenvalue weighted by molar-refractivity contribution is 7.89. The maximum absolute atomic E-state index is 12.1. The van der Waals surface area contributed by atoms with Crippen LogP contribution in [0.1, 0.15) is 25.5 Å². The van der Waals surface area contributed by atoms with Gasteiger partial charge in [0, 0.05) is 37.6 Å². The van der Waals surface area contributed by atoms with Crippen molar-refractivity contribution in [2.24, 2.45) is 0 Å². The summed E-state index contributed by atoms with van der Waals surface area (Å²) in [7, 11) is -1.44. The van der Waals surface area contributed by atoms with E-state index in [9.17, 15) is 8.42 Å². The van der Waals surface area contributed by atoms with Crippen molar-refractivity contribution < 1.29 is 8.42 Å². The standard InChI is InChI=1S/C13H24N4O2S/c1-3-17(2)7-6-16-20(18,19)13-8-12(15-10-13)9-14-11-4-5-11/h8,10-11,14-16H,3-7,9H2,1-2H3. The number of aromatic amines is 1. The second-order valence-electron chi connectivity index (χ2n) is 5.31.